The van der Waals surface area contributed by atoms with Gasteiger partial charge in [0.05, 0.1) is 14.2 Å². The van der Waals surface area contributed by atoms with Crippen LogP contribution in [0.5, 0.6) is 0 Å². The number of ether oxygens (including phenoxy) is 2. The summed E-state index contributed by atoms with van der Waals surface area (Å²) in [4.78, 5) is 28.0. The molecular weight excluding hydrogens is 448 g/mol. The molecule has 0 heterocycles. The van der Waals surface area contributed by atoms with Gasteiger partial charge in [-0.05, 0) is 57.3 Å². The topological polar surface area (TPSA) is 52.6 Å². The Kier molecular flexibility index (Phi) is 5.08. The summed E-state index contributed by atoms with van der Waals surface area (Å²) >= 11 is 0. The molecule has 0 radical (unpaired) electrons. The van der Waals surface area contributed by atoms with Crippen LogP contribution in [0.15, 0.2) is 97.1 Å². The number of hydrogen-bond acceptors (Lipinski definition) is 4. The van der Waals surface area contributed by atoms with Crippen LogP contribution >= 0.6 is 0 Å². The van der Waals surface area contributed by atoms with Crippen LogP contribution < -0.4 is 0 Å². The zero-order valence-electron chi connectivity index (χ0n) is 20.3. The highest BCUT2D eigenvalue weighted by atomic mass is 16.5. The highest BCUT2D eigenvalue weighted by Crippen LogP contribution is 2.55. The lowest BCUT2D eigenvalue weighted by atomic mass is 9.53. The standard InChI is InChI=1S/C32H26O4/c1-35-29(33)31-19-21-11-3-5-13-23(21)24-14-6-4-12-22(24)20-32(30(34)36-2,27-17-9-7-15-25(27)31)28-18-10-8-16-26(28)31/h3-18H,19-20H2,1-2H3. The molecule has 0 aromatic heterocycles. The predicted molar refractivity (Wildman–Crippen MR) is 138 cm³/mol. The lowest BCUT2D eigenvalue weighted by molar-refractivity contribution is -0.148. The van der Waals surface area contributed by atoms with Gasteiger partial charge in [0, 0.05) is 0 Å². The lowest BCUT2D eigenvalue weighted by Crippen LogP contribution is -2.53. The molecule has 0 amide bonds. The lowest BCUT2D eigenvalue weighted by Gasteiger charge is -2.47. The first-order valence-corrected chi connectivity index (χ1v) is 12.1. The van der Waals surface area contributed by atoms with E-state index in [1.165, 1.54) is 14.2 Å². The minimum Gasteiger partial charge on any atom is -0.468 e. The molecule has 0 atom stereocenters. The molecule has 0 spiro atoms. The van der Waals surface area contributed by atoms with E-state index < -0.39 is 10.8 Å². The number of esters is 2. The van der Waals surface area contributed by atoms with E-state index in [0.717, 1.165) is 44.5 Å². The van der Waals surface area contributed by atoms with Gasteiger partial charge < -0.3 is 9.47 Å². The zero-order chi connectivity index (χ0) is 24.9. The molecule has 36 heavy (non-hydrogen) atoms. The molecule has 0 saturated carbocycles. The highest BCUT2D eigenvalue weighted by Gasteiger charge is 2.58. The smallest absolute Gasteiger partial charge is 0.321 e. The summed E-state index contributed by atoms with van der Waals surface area (Å²) in [7, 11) is 2.87. The number of rotatable bonds is 2. The molecule has 4 nitrogen and oxygen atoms in total. The fourth-order valence-electron chi connectivity index (χ4n) is 6.50. The van der Waals surface area contributed by atoms with Crippen LogP contribution in [-0.2, 0) is 42.7 Å². The summed E-state index contributed by atoms with van der Waals surface area (Å²) in [6.45, 7) is 0. The Balaban J connectivity index is 1.86. The minimum absolute atomic E-state index is 0.343. The fraction of sp³-hybridized carbons (Fsp3) is 0.188. The summed E-state index contributed by atoms with van der Waals surface area (Å²) in [6.07, 6.45) is 0.797. The number of hydrogen-bond donors (Lipinski definition) is 0. The van der Waals surface area contributed by atoms with Crippen LogP contribution in [0.25, 0.3) is 11.1 Å². The molecule has 0 saturated heterocycles. The van der Waals surface area contributed by atoms with Crippen LogP contribution in [0.4, 0.5) is 0 Å². The maximum absolute atomic E-state index is 14.0. The molecule has 6 rings (SSSR count). The quantitative estimate of drug-likeness (QED) is 0.366. The van der Waals surface area contributed by atoms with Gasteiger partial charge in [-0.2, -0.15) is 0 Å². The summed E-state index contributed by atoms with van der Waals surface area (Å²) in [6, 6.07) is 32.0. The van der Waals surface area contributed by atoms with Crippen LogP contribution in [-0.4, -0.2) is 26.2 Å². The molecule has 4 heteroatoms. The molecule has 0 N–H and O–H groups in total. The summed E-state index contributed by atoms with van der Waals surface area (Å²) < 4.78 is 11.1. The van der Waals surface area contributed by atoms with E-state index in [4.69, 9.17) is 9.47 Å². The SMILES string of the molecule is COC(=O)C12Cc3ccccc3-c3ccccc3CC(C(=O)OC)(c3ccccc31)c1ccccc12. The number of fused-ring (bicyclic) bond motifs is 6. The van der Waals surface area contributed by atoms with Crippen molar-refractivity contribution in [3.8, 4) is 11.1 Å². The highest BCUT2D eigenvalue weighted by molar-refractivity contribution is 5.98. The van der Waals surface area contributed by atoms with Gasteiger partial charge in [0.2, 0.25) is 0 Å². The monoisotopic (exact) mass is 474 g/mol. The van der Waals surface area contributed by atoms with Gasteiger partial charge in [0.15, 0.2) is 0 Å². The zero-order valence-corrected chi connectivity index (χ0v) is 20.3. The largest absolute Gasteiger partial charge is 0.468 e. The van der Waals surface area contributed by atoms with Gasteiger partial charge in [-0.3, -0.25) is 9.59 Å². The van der Waals surface area contributed by atoms with Crippen molar-refractivity contribution >= 4 is 11.9 Å². The predicted octanol–water partition coefficient (Wildman–Crippen LogP) is 5.38. The normalized spacial score (nSPS) is 21.3. The van der Waals surface area contributed by atoms with E-state index in [1.54, 1.807) is 0 Å². The van der Waals surface area contributed by atoms with Crippen LogP contribution in [0.2, 0.25) is 0 Å². The number of carbonyl (C=O) groups is 2. The number of methoxy groups -OCH3 is 2. The van der Waals surface area contributed by atoms with Gasteiger partial charge in [0.1, 0.15) is 10.8 Å². The van der Waals surface area contributed by atoms with Gasteiger partial charge >= 0.3 is 11.9 Å². The van der Waals surface area contributed by atoms with E-state index in [1.807, 2.05) is 72.8 Å². The number of carbonyl (C=O) groups excluding carboxylic acids is 2. The molecule has 4 aromatic rings. The Labute approximate surface area is 210 Å². The molecule has 4 aromatic carbocycles. The van der Waals surface area contributed by atoms with E-state index >= 15 is 0 Å². The first-order valence-electron chi connectivity index (χ1n) is 12.1. The first-order chi connectivity index (χ1) is 17.6. The Morgan fingerprint density at radius 2 is 0.833 bits per heavy atom. The third kappa shape index (κ3) is 2.81. The molecule has 0 fully saturated rings. The molecule has 2 aliphatic carbocycles. The summed E-state index contributed by atoms with van der Waals surface area (Å²) in [5.74, 6) is -0.686. The van der Waals surface area contributed by atoms with Crippen molar-refractivity contribution in [1.82, 2.24) is 0 Å². The van der Waals surface area contributed by atoms with Crippen LogP contribution in [0, 0.1) is 0 Å². The average molecular weight is 475 g/mol. The van der Waals surface area contributed by atoms with Crippen molar-refractivity contribution in [2.45, 2.75) is 23.7 Å². The molecule has 178 valence electrons. The molecule has 2 aliphatic rings. The van der Waals surface area contributed by atoms with Crippen molar-refractivity contribution < 1.29 is 19.1 Å². The maximum Gasteiger partial charge on any atom is 0.321 e. The second kappa shape index (κ2) is 8.20. The average Bonchev–Trinajstić information content (AvgIpc) is 2.94. The van der Waals surface area contributed by atoms with Crippen molar-refractivity contribution in [1.29, 1.82) is 0 Å². The summed E-state index contributed by atoms with van der Waals surface area (Å²) in [5.41, 5.74) is 5.11. The summed E-state index contributed by atoms with van der Waals surface area (Å²) in [5, 5.41) is 0. The molecule has 0 aliphatic heterocycles. The minimum atomic E-state index is -1.12. The number of benzene rings is 4. The van der Waals surface area contributed by atoms with E-state index in [9.17, 15) is 9.59 Å². The molecular formula is C32H26O4. The molecule has 2 bridgehead atoms. The van der Waals surface area contributed by atoms with Crippen molar-refractivity contribution in [2.75, 3.05) is 14.2 Å². The van der Waals surface area contributed by atoms with Crippen LogP contribution in [0.3, 0.4) is 0 Å². The van der Waals surface area contributed by atoms with Gasteiger partial charge in [0.25, 0.3) is 0 Å². The third-order valence-corrected chi connectivity index (χ3v) is 8.00. The van der Waals surface area contributed by atoms with Gasteiger partial charge in [-0.1, -0.05) is 97.1 Å². The second-order valence-electron chi connectivity index (χ2n) is 9.55. The first kappa shape index (κ1) is 22.3. The van der Waals surface area contributed by atoms with Crippen molar-refractivity contribution in [2.24, 2.45) is 0 Å². The van der Waals surface area contributed by atoms with Crippen molar-refractivity contribution in [3.05, 3.63) is 130 Å². The second-order valence-corrected chi connectivity index (χ2v) is 9.55. The Bertz CT molecular complexity index is 1360. The fourth-order valence-corrected chi connectivity index (χ4v) is 6.50. The Morgan fingerprint density at radius 3 is 1.17 bits per heavy atom. The maximum atomic E-state index is 14.0. The van der Waals surface area contributed by atoms with E-state index in [0.29, 0.717) is 12.8 Å². The molecule has 0 unspecified atom stereocenters. The van der Waals surface area contributed by atoms with E-state index in [2.05, 4.69) is 24.3 Å². The van der Waals surface area contributed by atoms with Gasteiger partial charge in [-0.15, -0.1) is 0 Å². The van der Waals surface area contributed by atoms with Crippen molar-refractivity contribution in [3.63, 3.8) is 0 Å². The van der Waals surface area contributed by atoms with Crippen LogP contribution in [0.1, 0.15) is 33.4 Å². The Morgan fingerprint density at radius 1 is 0.528 bits per heavy atom. The Hall–Kier alpha value is -4.18. The third-order valence-electron chi connectivity index (χ3n) is 8.00. The van der Waals surface area contributed by atoms with Gasteiger partial charge in [-0.25, -0.2) is 0 Å². The van der Waals surface area contributed by atoms with E-state index in [-0.39, 0.29) is 11.9 Å².